The van der Waals surface area contributed by atoms with Crippen molar-refractivity contribution in [3.63, 3.8) is 0 Å². The van der Waals surface area contributed by atoms with Gasteiger partial charge in [-0.3, -0.25) is 0 Å². The van der Waals surface area contributed by atoms with E-state index in [-0.39, 0.29) is 6.61 Å². The highest BCUT2D eigenvalue weighted by atomic mass is 16.3. The largest absolute Gasteiger partial charge is 0.392 e. The van der Waals surface area contributed by atoms with E-state index in [1.807, 2.05) is 12.1 Å². The average molecular weight is 179 g/mol. The summed E-state index contributed by atoms with van der Waals surface area (Å²) >= 11 is 0. The first-order chi connectivity index (χ1) is 6.36. The molecule has 1 aromatic carbocycles. The van der Waals surface area contributed by atoms with Gasteiger partial charge in [0.25, 0.3) is 0 Å². The van der Waals surface area contributed by atoms with Gasteiger partial charge in [0, 0.05) is 0 Å². The maximum Gasteiger partial charge on any atom is 0.0681 e. The lowest BCUT2D eigenvalue weighted by Gasteiger charge is -2.01. The van der Waals surface area contributed by atoms with Crippen LogP contribution in [0.25, 0.3) is 0 Å². The predicted molar refractivity (Wildman–Crippen MR) is 54.4 cm³/mol. The Morgan fingerprint density at radius 2 is 1.62 bits per heavy atom. The molecular formula is C11H17NO. The number of rotatable bonds is 5. The van der Waals surface area contributed by atoms with Crippen molar-refractivity contribution < 1.29 is 5.11 Å². The van der Waals surface area contributed by atoms with E-state index in [1.165, 1.54) is 5.56 Å². The van der Waals surface area contributed by atoms with E-state index >= 15 is 0 Å². The summed E-state index contributed by atoms with van der Waals surface area (Å²) in [5.41, 5.74) is 7.70. The molecule has 1 rings (SSSR count). The predicted octanol–water partition coefficient (Wildman–Crippen LogP) is 1.46. The Hall–Kier alpha value is -0.860. The van der Waals surface area contributed by atoms with E-state index in [1.54, 1.807) is 0 Å². The minimum Gasteiger partial charge on any atom is -0.392 e. The molecule has 3 N–H and O–H groups in total. The van der Waals surface area contributed by atoms with Crippen LogP contribution in [0.3, 0.4) is 0 Å². The Balaban J connectivity index is 2.40. The van der Waals surface area contributed by atoms with Crippen molar-refractivity contribution in [3.8, 4) is 0 Å². The van der Waals surface area contributed by atoms with Crippen molar-refractivity contribution in [1.82, 2.24) is 0 Å². The molecule has 0 aliphatic carbocycles. The van der Waals surface area contributed by atoms with Gasteiger partial charge in [0.2, 0.25) is 0 Å². The van der Waals surface area contributed by atoms with Gasteiger partial charge in [-0.15, -0.1) is 0 Å². The second kappa shape index (κ2) is 5.73. The van der Waals surface area contributed by atoms with Crippen molar-refractivity contribution in [3.05, 3.63) is 35.4 Å². The summed E-state index contributed by atoms with van der Waals surface area (Å²) in [6.07, 6.45) is 3.32. The zero-order valence-corrected chi connectivity index (χ0v) is 7.87. The van der Waals surface area contributed by atoms with Crippen LogP contribution < -0.4 is 5.73 Å². The van der Waals surface area contributed by atoms with Crippen molar-refractivity contribution >= 4 is 0 Å². The van der Waals surface area contributed by atoms with Crippen molar-refractivity contribution in [2.75, 3.05) is 6.54 Å². The second-order valence-corrected chi connectivity index (χ2v) is 3.22. The summed E-state index contributed by atoms with van der Waals surface area (Å²) in [4.78, 5) is 0. The van der Waals surface area contributed by atoms with Crippen LogP contribution in [-0.4, -0.2) is 11.7 Å². The van der Waals surface area contributed by atoms with Crippen LogP contribution in [0.4, 0.5) is 0 Å². The summed E-state index contributed by atoms with van der Waals surface area (Å²) in [5, 5.41) is 8.83. The smallest absolute Gasteiger partial charge is 0.0681 e. The molecule has 0 unspecified atom stereocenters. The maximum atomic E-state index is 8.83. The molecule has 0 fully saturated rings. The third kappa shape index (κ3) is 3.57. The van der Waals surface area contributed by atoms with E-state index in [2.05, 4.69) is 12.1 Å². The number of benzene rings is 1. The first-order valence-electron chi connectivity index (χ1n) is 4.75. The summed E-state index contributed by atoms with van der Waals surface area (Å²) in [6, 6.07) is 8.08. The molecule has 2 nitrogen and oxygen atoms in total. The van der Waals surface area contributed by atoms with Gasteiger partial charge in [-0.2, -0.15) is 0 Å². The van der Waals surface area contributed by atoms with Gasteiger partial charge >= 0.3 is 0 Å². The first kappa shape index (κ1) is 10.2. The summed E-state index contributed by atoms with van der Waals surface area (Å²) in [6.45, 7) is 0.901. The third-order valence-electron chi connectivity index (χ3n) is 2.13. The SMILES string of the molecule is NCCCCc1ccc(CO)cc1. The van der Waals surface area contributed by atoms with Gasteiger partial charge in [-0.25, -0.2) is 0 Å². The lowest BCUT2D eigenvalue weighted by molar-refractivity contribution is 0.282. The number of hydrogen-bond donors (Lipinski definition) is 2. The van der Waals surface area contributed by atoms with E-state index in [4.69, 9.17) is 10.8 Å². The van der Waals surface area contributed by atoms with Gasteiger partial charge < -0.3 is 10.8 Å². The molecule has 0 spiro atoms. The number of unbranched alkanes of at least 4 members (excludes halogenated alkanes) is 1. The topological polar surface area (TPSA) is 46.2 Å². The van der Waals surface area contributed by atoms with Gasteiger partial charge in [-0.05, 0) is 36.9 Å². The summed E-state index contributed by atoms with van der Waals surface area (Å²) in [7, 11) is 0. The fraction of sp³-hybridized carbons (Fsp3) is 0.455. The highest BCUT2D eigenvalue weighted by Crippen LogP contribution is 2.07. The van der Waals surface area contributed by atoms with Crippen LogP contribution in [0.1, 0.15) is 24.0 Å². The quantitative estimate of drug-likeness (QED) is 0.672. The monoisotopic (exact) mass is 179 g/mol. The highest BCUT2D eigenvalue weighted by molar-refractivity contribution is 5.21. The molecule has 0 aliphatic rings. The van der Waals surface area contributed by atoms with Gasteiger partial charge in [0.15, 0.2) is 0 Å². The normalized spacial score (nSPS) is 10.3. The molecule has 1 aromatic rings. The third-order valence-corrected chi connectivity index (χ3v) is 2.13. The van der Waals surface area contributed by atoms with E-state index < -0.39 is 0 Å². The number of aliphatic hydroxyl groups excluding tert-OH is 1. The van der Waals surface area contributed by atoms with Gasteiger partial charge in [0.1, 0.15) is 0 Å². The molecule has 0 bridgehead atoms. The first-order valence-corrected chi connectivity index (χ1v) is 4.75. The van der Waals surface area contributed by atoms with E-state index in [0.29, 0.717) is 0 Å². The molecule has 13 heavy (non-hydrogen) atoms. The molecule has 0 heterocycles. The lowest BCUT2D eigenvalue weighted by Crippen LogP contribution is -1.99. The molecule has 0 saturated heterocycles. The Kier molecular flexibility index (Phi) is 4.50. The molecule has 2 heteroatoms. The van der Waals surface area contributed by atoms with Crippen molar-refractivity contribution in [2.24, 2.45) is 5.73 Å². The Morgan fingerprint density at radius 3 is 2.15 bits per heavy atom. The average Bonchev–Trinajstić information content (AvgIpc) is 2.19. The minimum absolute atomic E-state index is 0.128. The Labute approximate surface area is 79.4 Å². The summed E-state index contributed by atoms with van der Waals surface area (Å²) < 4.78 is 0. The fourth-order valence-corrected chi connectivity index (χ4v) is 1.28. The molecule has 0 radical (unpaired) electrons. The number of aliphatic hydroxyl groups is 1. The molecule has 0 amide bonds. The molecule has 0 atom stereocenters. The molecule has 0 aliphatic heterocycles. The van der Waals surface area contributed by atoms with E-state index in [9.17, 15) is 0 Å². The molecule has 0 saturated carbocycles. The van der Waals surface area contributed by atoms with Crippen LogP contribution in [0.15, 0.2) is 24.3 Å². The van der Waals surface area contributed by atoms with Gasteiger partial charge in [-0.1, -0.05) is 24.3 Å². The van der Waals surface area contributed by atoms with Crippen molar-refractivity contribution in [1.29, 1.82) is 0 Å². The Bertz CT molecular complexity index is 230. The number of aryl methyl sites for hydroxylation is 1. The highest BCUT2D eigenvalue weighted by Gasteiger charge is 1.93. The van der Waals surface area contributed by atoms with Gasteiger partial charge in [0.05, 0.1) is 6.61 Å². The minimum atomic E-state index is 0.128. The number of hydrogen-bond acceptors (Lipinski definition) is 2. The molecular weight excluding hydrogens is 162 g/mol. The zero-order valence-electron chi connectivity index (χ0n) is 7.87. The second-order valence-electron chi connectivity index (χ2n) is 3.22. The van der Waals surface area contributed by atoms with Crippen LogP contribution in [0.5, 0.6) is 0 Å². The fourth-order valence-electron chi connectivity index (χ4n) is 1.28. The van der Waals surface area contributed by atoms with E-state index in [0.717, 1.165) is 31.4 Å². The van der Waals surface area contributed by atoms with Crippen LogP contribution in [0.2, 0.25) is 0 Å². The lowest BCUT2D eigenvalue weighted by atomic mass is 10.1. The van der Waals surface area contributed by atoms with Crippen LogP contribution >= 0.6 is 0 Å². The van der Waals surface area contributed by atoms with Crippen LogP contribution in [0, 0.1) is 0 Å². The zero-order chi connectivity index (χ0) is 9.52. The summed E-state index contributed by atoms with van der Waals surface area (Å²) in [5.74, 6) is 0. The van der Waals surface area contributed by atoms with Crippen molar-refractivity contribution in [2.45, 2.75) is 25.9 Å². The number of nitrogens with two attached hydrogens (primary N) is 1. The Morgan fingerprint density at radius 1 is 1.00 bits per heavy atom. The maximum absolute atomic E-state index is 8.83. The standard InChI is InChI=1S/C11H17NO/c12-8-2-1-3-10-4-6-11(9-13)7-5-10/h4-7,13H,1-3,8-9,12H2. The van der Waals surface area contributed by atoms with Crippen LogP contribution in [-0.2, 0) is 13.0 Å². The molecule has 72 valence electrons. The molecule has 0 aromatic heterocycles.